The summed E-state index contributed by atoms with van der Waals surface area (Å²) in [6, 6.07) is 0. The minimum atomic E-state index is -1.42. The lowest BCUT2D eigenvalue weighted by Gasteiger charge is -2.57. The Balaban J connectivity index is 1.61. The highest BCUT2D eigenvalue weighted by molar-refractivity contribution is 6.01. The molecule has 0 bridgehead atoms. The maximum absolute atomic E-state index is 12.8. The maximum atomic E-state index is 12.8. The van der Waals surface area contributed by atoms with Gasteiger partial charge in [-0.3, -0.25) is 14.4 Å². The van der Waals surface area contributed by atoms with Gasteiger partial charge in [0.1, 0.15) is 5.60 Å². The summed E-state index contributed by atoms with van der Waals surface area (Å²) in [5.41, 5.74) is -0.769. The van der Waals surface area contributed by atoms with E-state index in [2.05, 4.69) is 19.9 Å². The fraction of sp³-hybridized carbons (Fsp3) is 0.696. The van der Waals surface area contributed by atoms with Gasteiger partial charge in [-0.05, 0) is 68.4 Å². The quantitative estimate of drug-likeness (QED) is 0.754. The van der Waals surface area contributed by atoms with Crippen molar-refractivity contribution in [1.82, 2.24) is 0 Å². The van der Waals surface area contributed by atoms with E-state index < -0.39 is 17.0 Å². The molecule has 0 heterocycles. The highest BCUT2D eigenvalue weighted by Gasteiger charge is 2.66. The molecule has 5 nitrogen and oxygen atoms in total. The van der Waals surface area contributed by atoms with Crippen LogP contribution in [-0.4, -0.2) is 34.9 Å². The standard InChI is InChI=1S/C23H30O5/c1-14(24)28-13-20(26)23(27)11-8-19-17-5-4-15-12-16(25)6-9-21(15,2)18(17)7-10-22(19,23)3/h6,9,12,17-19,27H,4-5,7-8,10-11,13H2,1-3H3/t17-,18+,19+,21-,22-,23+/m0/s1. The fourth-order valence-electron chi connectivity index (χ4n) is 6.96. The van der Waals surface area contributed by atoms with Crippen LogP contribution in [-0.2, 0) is 19.1 Å². The normalized spacial score (nSPS) is 44.2. The molecular weight excluding hydrogens is 356 g/mol. The first kappa shape index (κ1) is 19.6. The highest BCUT2D eigenvalue weighted by atomic mass is 16.5. The van der Waals surface area contributed by atoms with Crippen molar-refractivity contribution in [2.75, 3.05) is 6.61 Å². The first-order valence-electron chi connectivity index (χ1n) is 10.4. The second-order valence-corrected chi connectivity index (χ2v) is 9.66. The number of esters is 1. The van der Waals surface area contributed by atoms with Crippen molar-refractivity contribution >= 4 is 17.5 Å². The van der Waals surface area contributed by atoms with Crippen molar-refractivity contribution in [3.63, 3.8) is 0 Å². The van der Waals surface area contributed by atoms with Gasteiger partial charge in [-0.15, -0.1) is 0 Å². The maximum Gasteiger partial charge on any atom is 0.303 e. The lowest BCUT2D eigenvalue weighted by atomic mass is 9.47. The average molecular weight is 386 g/mol. The van der Waals surface area contributed by atoms with Crippen LogP contribution in [0.2, 0.25) is 0 Å². The molecule has 6 atom stereocenters. The zero-order chi connectivity index (χ0) is 20.3. The van der Waals surface area contributed by atoms with Gasteiger partial charge in [0.15, 0.2) is 12.4 Å². The third-order valence-corrected chi connectivity index (χ3v) is 8.58. The molecule has 0 aromatic heterocycles. The number of carbonyl (C=O) groups excluding carboxylic acids is 3. The molecule has 1 N–H and O–H groups in total. The van der Waals surface area contributed by atoms with Crippen molar-refractivity contribution in [3.05, 3.63) is 23.8 Å². The minimum absolute atomic E-state index is 0.0814. The van der Waals surface area contributed by atoms with E-state index in [1.807, 2.05) is 6.08 Å². The number of carbonyl (C=O) groups is 3. The van der Waals surface area contributed by atoms with Crippen LogP contribution < -0.4 is 0 Å². The molecule has 3 saturated carbocycles. The first-order chi connectivity index (χ1) is 13.1. The molecule has 4 aliphatic carbocycles. The number of Topliss-reactive ketones (excluding diaryl/α,β-unsaturated/α-hetero) is 1. The molecule has 0 unspecified atom stereocenters. The van der Waals surface area contributed by atoms with Gasteiger partial charge >= 0.3 is 5.97 Å². The second kappa shape index (κ2) is 6.38. The van der Waals surface area contributed by atoms with Gasteiger partial charge in [0, 0.05) is 17.8 Å². The van der Waals surface area contributed by atoms with Crippen LogP contribution in [0.25, 0.3) is 0 Å². The summed E-state index contributed by atoms with van der Waals surface area (Å²) in [6.45, 7) is 5.23. The number of aliphatic hydroxyl groups is 1. The molecule has 0 aliphatic heterocycles. The van der Waals surface area contributed by atoms with Crippen LogP contribution >= 0.6 is 0 Å². The smallest absolute Gasteiger partial charge is 0.303 e. The molecule has 152 valence electrons. The number of ketones is 2. The Morgan fingerprint density at radius 1 is 1.18 bits per heavy atom. The Labute approximate surface area is 166 Å². The van der Waals surface area contributed by atoms with Crippen LogP contribution in [0.4, 0.5) is 0 Å². The molecular formula is C23H30O5. The van der Waals surface area contributed by atoms with Crippen molar-refractivity contribution in [2.24, 2.45) is 28.6 Å². The summed E-state index contributed by atoms with van der Waals surface area (Å²) >= 11 is 0. The lowest BCUT2D eigenvalue weighted by Crippen LogP contribution is -2.58. The lowest BCUT2D eigenvalue weighted by molar-refractivity contribution is -0.168. The summed E-state index contributed by atoms with van der Waals surface area (Å²) < 4.78 is 4.91. The van der Waals surface area contributed by atoms with E-state index in [-0.39, 0.29) is 29.5 Å². The average Bonchev–Trinajstić information content (AvgIpc) is 2.92. The van der Waals surface area contributed by atoms with Gasteiger partial charge in [-0.2, -0.15) is 0 Å². The molecule has 0 aromatic carbocycles. The number of fused-ring (bicyclic) bond motifs is 5. The zero-order valence-electron chi connectivity index (χ0n) is 17.0. The van der Waals surface area contributed by atoms with Gasteiger partial charge in [-0.1, -0.05) is 25.5 Å². The van der Waals surface area contributed by atoms with E-state index in [4.69, 9.17) is 4.74 Å². The summed E-state index contributed by atoms with van der Waals surface area (Å²) in [7, 11) is 0. The van der Waals surface area contributed by atoms with Gasteiger partial charge in [0.05, 0.1) is 0 Å². The predicted molar refractivity (Wildman–Crippen MR) is 103 cm³/mol. The molecule has 0 radical (unpaired) electrons. The fourth-order valence-corrected chi connectivity index (χ4v) is 6.96. The Hall–Kier alpha value is -1.75. The SMILES string of the molecule is CC(=O)OCC(=O)[C@]1(O)CC[C@@H]2[C@H]3CCC4=CC(=O)C=C[C@]4(C)[C@@H]3CC[C@@]21C. The first-order valence-corrected chi connectivity index (χ1v) is 10.4. The van der Waals surface area contributed by atoms with Crippen LogP contribution in [0.3, 0.4) is 0 Å². The molecule has 5 heteroatoms. The number of hydrogen-bond donors (Lipinski definition) is 1. The number of hydrogen-bond acceptors (Lipinski definition) is 5. The predicted octanol–water partition coefficient (Wildman–Crippen LogP) is 3.16. The van der Waals surface area contributed by atoms with Crippen molar-refractivity contribution < 1.29 is 24.2 Å². The van der Waals surface area contributed by atoms with Gasteiger partial charge in [0.2, 0.25) is 5.78 Å². The second-order valence-electron chi connectivity index (χ2n) is 9.66. The van der Waals surface area contributed by atoms with E-state index in [9.17, 15) is 19.5 Å². The van der Waals surface area contributed by atoms with E-state index in [0.29, 0.717) is 18.3 Å². The van der Waals surface area contributed by atoms with Gasteiger partial charge in [0.25, 0.3) is 0 Å². The zero-order valence-corrected chi connectivity index (χ0v) is 17.0. The largest absolute Gasteiger partial charge is 0.458 e. The minimum Gasteiger partial charge on any atom is -0.458 e. The molecule has 4 aliphatic rings. The molecule has 0 amide bonds. The van der Waals surface area contributed by atoms with Crippen LogP contribution in [0.5, 0.6) is 0 Å². The molecule has 0 saturated heterocycles. The topological polar surface area (TPSA) is 80.7 Å². The Kier molecular flexibility index (Phi) is 4.46. The van der Waals surface area contributed by atoms with E-state index in [1.165, 1.54) is 12.5 Å². The van der Waals surface area contributed by atoms with E-state index in [1.54, 1.807) is 6.08 Å². The van der Waals surface area contributed by atoms with E-state index in [0.717, 1.165) is 32.1 Å². The number of allylic oxidation sites excluding steroid dienone is 4. The van der Waals surface area contributed by atoms with Crippen molar-refractivity contribution in [2.45, 2.75) is 64.9 Å². The molecule has 0 spiro atoms. The third-order valence-electron chi connectivity index (χ3n) is 8.58. The van der Waals surface area contributed by atoms with Crippen LogP contribution in [0.1, 0.15) is 59.3 Å². The van der Waals surface area contributed by atoms with Crippen LogP contribution in [0, 0.1) is 28.6 Å². The molecule has 28 heavy (non-hydrogen) atoms. The summed E-state index contributed by atoms with van der Waals surface area (Å²) in [4.78, 5) is 35.8. The monoisotopic (exact) mass is 386 g/mol. The van der Waals surface area contributed by atoms with Gasteiger partial charge < -0.3 is 9.84 Å². The Morgan fingerprint density at radius 2 is 1.89 bits per heavy atom. The van der Waals surface area contributed by atoms with Crippen molar-refractivity contribution in [3.8, 4) is 0 Å². The highest BCUT2D eigenvalue weighted by Crippen LogP contribution is 2.67. The van der Waals surface area contributed by atoms with Crippen LogP contribution in [0.15, 0.2) is 23.8 Å². The van der Waals surface area contributed by atoms with Crippen molar-refractivity contribution in [1.29, 1.82) is 0 Å². The third kappa shape index (κ3) is 2.58. The Morgan fingerprint density at radius 3 is 2.61 bits per heavy atom. The summed E-state index contributed by atoms with van der Waals surface area (Å²) in [5.74, 6) is 0.338. The Bertz CT molecular complexity index is 795. The molecule has 4 rings (SSSR count). The summed E-state index contributed by atoms with van der Waals surface area (Å²) in [5, 5.41) is 11.4. The summed E-state index contributed by atoms with van der Waals surface area (Å²) in [6.07, 6.45) is 10.5. The number of rotatable bonds is 3. The molecule has 0 aromatic rings. The van der Waals surface area contributed by atoms with E-state index >= 15 is 0 Å². The number of ether oxygens (including phenoxy) is 1. The molecule has 3 fully saturated rings. The van der Waals surface area contributed by atoms with Gasteiger partial charge in [-0.25, -0.2) is 0 Å².